The van der Waals surface area contributed by atoms with Crippen LogP contribution in [-0.4, -0.2) is 18.5 Å². The second-order valence-corrected chi connectivity index (χ2v) is 6.42. The van der Waals surface area contributed by atoms with Crippen LogP contribution in [0.25, 0.3) is 0 Å². The van der Waals surface area contributed by atoms with Crippen LogP contribution >= 0.6 is 27.5 Å². The Morgan fingerprint density at radius 3 is 2.46 bits per heavy atom. The van der Waals surface area contributed by atoms with Crippen molar-refractivity contribution in [1.29, 1.82) is 0 Å². The Morgan fingerprint density at radius 2 is 1.79 bits per heavy atom. The monoisotopic (exact) mass is 409 g/mol. The Labute approximate surface area is 153 Å². The fourth-order valence-corrected chi connectivity index (χ4v) is 2.51. The zero-order valence-corrected chi connectivity index (χ0v) is 15.3. The van der Waals surface area contributed by atoms with Gasteiger partial charge in [0.05, 0.1) is 18.3 Å². The normalized spacial score (nSPS) is 11.5. The van der Waals surface area contributed by atoms with Crippen molar-refractivity contribution in [3.05, 3.63) is 63.6 Å². The van der Waals surface area contributed by atoms with E-state index in [1.165, 1.54) is 0 Å². The molecule has 2 aromatic rings. The highest BCUT2D eigenvalue weighted by Crippen LogP contribution is 2.20. The lowest BCUT2D eigenvalue weighted by Crippen LogP contribution is -2.41. The number of benzene rings is 2. The van der Waals surface area contributed by atoms with Crippen LogP contribution in [0.4, 0.5) is 10.5 Å². The summed E-state index contributed by atoms with van der Waals surface area (Å²) in [5.74, 6) is -0.309. The Hall–Kier alpha value is -2.05. The second-order valence-electron chi connectivity index (χ2n) is 5.13. The molecule has 2 aromatic carbocycles. The first-order chi connectivity index (χ1) is 11.5. The van der Waals surface area contributed by atoms with E-state index in [1.807, 2.05) is 37.3 Å². The predicted octanol–water partition coefficient (Wildman–Crippen LogP) is 4.10. The Morgan fingerprint density at radius 1 is 1.12 bits per heavy atom. The highest BCUT2D eigenvalue weighted by Gasteiger charge is 2.11. The lowest BCUT2D eigenvalue weighted by Gasteiger charge is -2.15. The van der Waals surface area contributed by atoms with Crippen LogP contribution in [0, 0.1) is 0 Å². The van der Waals surface area contributed by atoms with Crippen molar-refractivity contribution in [1.82, 2.24) is 10.6 Å². The minimum Gasteiger partial charge on any atom is -0.332 e. The van der Waals surface area contributed by atoms with Gasteiger partial charge in [-0.15, -0.1) is 0 Å². The molecule has 5 nitrogen and oxygen atoms in total. The first-order valence-corrected chi connectivity index (χ1v) is 8.47. The van der Waals surface area contributed by atoms with Gasteiger partial charge < -0.3 is 16.0 Å². The van der Waals surface area contributed by atoms with Crippen LogP contribution in [0.2, 0.25) is 5.02 Å². The molecule has 0 saturated heterocycles. The van der Waals surface area contributed by atoms with Gasteiger partial charge in [-0.2, -0.15) is 0 Å². The summed E-state index contributed by atoms with van der Waals surface area (Å²) in [6, 6.07) is 13.8. The number of hydrogen-bond acceptors (Lipinski definition) is 2. The smallest absolute Gasteiger partial charge is 0.315 e. The summed E-state index contributed by atoms with van der Waals surface area (Å²) in [6.45, 7) is 1.73. The summed E-state index contributed by atoms with van der Waals surface area (Å²) in [4.78, 5) is 23.8. The lowest BCUT2D eigenvalue weighted by atomic mass is 10.1. The summed E-state index contributed by atoms with van der Waals surface area (Å²) in [7, 11) is 0. The van der Waals surface area contributed by atoms with Gasteiger partial charge in [-0.05, 0) is 52.7 Å². The summed E-state index contributed by atoms with van der Waals surface area (Å²) < 4.78 is 0.777. The Bertz CT molecular complexity index is 722. The van der Waals surface area contributed by atoms with E-state index in [9.17, 15) is 9.59 Å². The second kappa shape index (κ2) is 8.70. The first-order valence-electron chi connectivity index (χ1n) is 7.30. The maximum absolute atomic E-state index is 11.9. The maximum Gasteiger partial charge on any atom is 0.315 e. The molecule has 0 aliphatic carbocycles. The quantitative estimate of drug-likeness (QED) is 0.694. The van der Waals surface area contributed by atoms with E-state index < -0.39 is 6.03 Å². The third kappa shape index (κ3) is 5.54. The molecular weight excluding hydrogens is 394 g/mol. The minimum atomic E-state index is -0.417. The van der Waals surface area contributed by atoms with Crippen LogP contribution in [0.15, 0.2) is 53.0 Å². The number of hydrogen-bond donors (Lipinski definition) is 3. The van der Waals surface area contributed by atoms with Crippen LogP contribution in [0.5, 0.6) is 0 Å². The number of urea groups is 1. The standard InChI is InChI=1S/C17H17BrClN3O2/c1-11(12-6-8-13(19)9-7-12)21-17(24)20-10-16(23)22-15-5-3-2-4-14(15)18/h2-9,11H,10H2,1H3,(H,22,23)(H2,20,21,24)/t11-/m0/s1. The van der Waals surface area contributed by atoms with E-state index in [0.29, 0.717) is 10.7 Å². The Balaban J connectivity index is 1.79. The van der Waals surface area contributed by atoms with Crippen LogP contribution < -0.4 is 16.0 Å². The number of amides is 3. The number of anilines is 1. The summed E-state index contributed by atoms with van der Waals surface area (Å²) >= 11 is 9.18. The molecule has 0 bridgehead atoms. The number of nitrogens with one attached hydrogen (secondary N) is 3. The van der Waals surface area contributed by atoms with Gasteiger partial charge in [-0.25, -0.2) is 4.79 Å². The fraction of sp³-hybridized carbons (Fsp3) is 0.176. The van der Waals surface area contributed by atoms with Gasteiger partial charge in [0, 0.05) is 9.50 Å². The fourth-order valence-electron chi connectivity index (χ4n) is 2.00. The van der Waals surface area contributed by atoms with Crippen LogP contribution in [-0.2, 0) is 4.79 Å². The number of carbonyl (C=O) groups excluding carboxylic acids is 2. The molecule has 3 amide bonds. The van der Waals surface area contributed by atoms with E-state index >= 15 is 0 Å². The number of para-hydroxylation sites is 1. The molecule has 126 valence electrons. The van der Waals surface area contributed by atoms with Gasteiger partial charge >= 0.3 is 6.03 Å². The molecule has 24 heavy (non-hydrogen) atoms. The van der Waals surface area contributed by atoms with E-state index in [1.54, 1.807) is 18.2 Å². The number of carbonyl (C=O) groups is 2. The average molecular weight is 411 g/mol. The molecule has 0 fully saturated rings. The maximum atomic E-state index is 11.9. The molecule has 1 atom stereocenters. The van der Waals surface area contributed by atoms with Crippen molar-refractivity contribution in [2.45, 2.75) is 13.0 Å². The largest absolute Gasteiger partial charge is 0.332 e. The molecule has 3 N–H and O–H groups in total. The molecule has 0 spiro atoms. The number of halogens is 2. The van der Waals surface area contributed by atoms with Crippen molar-refractivity contribution in [3.8, 4) is 0 Å². The lowest BCUT2D eigenvalue weighted by molar-refractivity contribution is -0.115. The third-order valence-corrected chi connectivity index (χ3v) is 4.22. The minimum absolute atomic E-state index is 0.124. The molecule has 0 aliphatic rings. The molecule has 0 radical (unpaired) electrons. The van der Waals surface area contributed by atoms with Crippen LogP contribution in [0.3, 0.4) is 0 Å². The van der Waals surface area contributed by atoms with Crippen molar-refractivity contribution in [3.63, 3.8) is 0 Å². The highest BCUT2D eigenvalue weighted by atomic mass is 79.9. The first kappa shape index (κ1) is 18.3. The number of rotatable bonds is 5. The molecule has 0 unspecified atom stereocenters. The van der Waals surface area contributed by atoms with Gasteiger partial charge in [-0.1, -0.05) is 35.9 Å². The highest BCUT2D eigenvalue weighted by molar-refractivity contribution is 9.10. The third-order valence-electron chi connectivity index (χ3n) is 3.28. The average Bonchev–Trinajstić information content (AvgIpc) is 2.55. The summed E-state index contributed by atoms with van der Waals surface area (Å²) in [5, 5.41) is 8.65. The van der Waals surface area contributed by atoms with E-state index in [4.69, 9.17) is 11.6 Å². The molecule has 0 saturated carbocycles. The zero-order valence-electron chi connectivity index (χ0n) is 13.0. The van der Waals surface area contributed by atoms with E-state index in [-0.39, 0.29) is 18.5 Å². The van der Waals surface area contributed by atoms with Crippen molar-refractivity contribution in [2.75, 3.05) is 11.9 Å². The van der Waals surface area contributed by atoms with Gasteiger partial charge in [0.2, 0.25) is 5.91 Å². The summed E-state index contributed by atoms with van der Waals surface area (Å²) in [5.41, 5.74) is 1.58. The van der Waals surface area contributed by atoms with Crippen molar-refractivity contribution < 1.29 is 9.59 Å². The Kier molecular flexibility index (Phi) is 6.63. The topological polar surface area (TPSA) is 70.2 Å². The van der Waals surface area contributed by atoms with Crippen molar-refractivity contribution >= 4 is 45.2 Å². The molecule has 0 heterocycles. The van der Waals surface area contributed by atoms with Crippen molar-refractivity contribution in [2.24, 2.45) is 0 Å². The van der Waals surface area contributed by atoms with Crippen LogP contribution in [0.1, 0.15) is 18.5 Å². The molecular formula is C17H17BrClN3O2. The zero-order chi connectivity index (χ0) is 17.5. The predicted molar refractivity (Wildman–Crippen MR) is 99.2 cm³/mol. The van der Waals surface area contributed by atoms with E-state index in [0.717, 1.165) is 10.0 Å². The molecule has 0 aromatic heterocycles. The molecule has 0 aliphatic heterocycles. The van der Waals surface area contributed by atoms with Gasteiger partial charge in [0.1, 0.15) is 0 Å². The summed E-state index contributed by atoms with van der Waals surface area (Å²) in [6.07, 6.45) is 0. The van der Waals surface area contributed by atoms with Gasteiger partial charge in [0.25, 0.3) is 0 Å². The SMILES string of the molecule is C[C@H](NC(=O)NCC(=O)Nc1ccccc1Br)c1ccc(Cl)cc1. The molecule has 2 rings (SSSR count). The molecule has 7 heteroatoms. The van der Waals surface area contributed by atoms with Gasteiger partial charge in [0.15, 0.2) is 0 Å². The van der Waals surface area contributed by atoms with Gasteiger partial charge in [-0.3, -0.25) is 4.79 Å². The van der Waals surface area contributed by atoms with E-state index in [2.05, 4.69) is 31.9 Å².